The maximum Gasteiger partial charge on any atom is 0.159 e. The fourth-order valence-corrected chi connectivity index (χ4v) is 3.88. The van der Waals surface area contributed by atoms with Crippen LogP contribution in [0.4, 0.5) is 4.39 Å². The smallest absolute Gasteiger partial charge is 0.159 e. The lowest BCUT2D eigenvalue weighted by molar-refractivity contribution is 0.627. The van der Waals surface area contributed by atoms with Gasteiger partial charge in [0.2, 0.25) is 0 Å². The number of hydrogen-bond donors (Lipinski definition) is 2. The zero-order chi connectivity index (χ0) is 21.5. The van der Waals surface area contributed by atoms with E-state index < -0.39 is 0 Å². The molecule has 1 aromatic carbocycles. The lowest BCUT2D eigenvalue weighted by atomic mass is 10.0. The number of imidazole rings is 1. The van der Waals surface area contributed by atoms with Gasteiger partial charge in [0, 0.05) is 35.1 Å². The Hall–Kier alpha value is -4.46. The molecular weight excluding hydrogens is 405 g/mol. The second-order valence-electron chi connectivity index (χ2n) is 7.42. The van der Waals surface area contributed by atoms with E-state index in [1.165, 1.54) is 12.1 Å². The lowest BCUT2D eigenvalue weighted by Crippen LogP contribution is -1.93. The topological polar surface area (TPSA) is 95.5 Å². The molecule has 0 fully saturated rings. The minimum absolute atomic E-state index is 0.295. The quantitative estimate of drug-likeness (QED) is 0.446. The van der Waals surface area contributed by atoms with Gasteiger partial charge >= 0.3 is 0 Å². The molecule has 1 aliphatic heterocycles. The fourth-order valence-electron chi connectivity index (χ4n) is 3.88. The van der Waals surface area contributed by atoms with Crippen molar-refractivity contribution in [1.29, 1.82) is 0 Å². The van der Waals surface area contributed by atoms with E-state index in [4.69, 9.17) is 4.98 Å². The van der Waals surface area contributed by atoms with Crippen molar-refractivity contribution in [2.45, 2.75) is 6.54 Å². The second kappa shape index (κ2) is 7.35. The van der Waals surface area contributed by atoms with Crippen LogP contribution >= 0.6 is 0 Å². The van der Waals surface area contributed by atoms with Crippen molar-refractivity contribution < 1.29 is 4.39 Å². The fraction of sp³-hybridized carbons (Fsp3) is 0.0417. The molecule has 154 valence electrons. The van der Waals surface area contributed by atoms with Crippen molar-refractivity contribution in [2.75, 3.05) is 0 Å². The summed E-state index contributed by atoms with van der Waals surface area (Å²) >= 11 is 0. The lowest BCUT2D eigenvalue weighted by Gasteiger charge is -2.05. The number of aromatic nitrogens is 6. The standard InChI is InChI=1S/C24H16FN7/c25-16-3-1-2-15(10-16)17-6-9-27-12-21-22(17)30-24(29-21)23-18-11-19(14-4-7-26-8-5-14)28-13-20(18)31-32-23/h1-11,13H,12H2,(H,29,30)(H,31,32). The van der Waals surface area contributed by atoms with Gasteiger partial charge in [-0.15, -0.1) is 0 Å². The number of aromatic amines is 2. The van der Waals surface area contributed by atoms with Crippen molar-refractivity contribution in [3.63, 3.8) is 0 Å². The number of H-pyrrole nitrogens is 2. The third kappa shape index (κ3) is 3.09. The van der Waals surface area contributed by atoms with Gasteiger partial charge in [0.25, 0.3) is 0 Å². The van der Waals surface area contributed by atoms with Crippen molar-refractivity contribution in [1.82, 2.24) is 30.1 Å². The predicted molar refractivity (Wildman–Crippen MR) is 120 cm³/mol. The number of fused-ring (bicyclic) bond motifs is 2. The zero-order valence-corrected chi connectivity index (χ0v) is 16.7. The summed E-state index contributed by atoms with van der Waals surface area (Å²) < 4.78 is 13.9. The summed E-state index contributed by atoms with van der Waals surface area (Å²) in [7, 11) is 0. The van der Waals surface area contributed by atoms with Gasteiger partial charge in [-0.2, -0.15) is 5.10 Å². The largest absolute Gasteiger partial charge is 0.338 e. The van der Waals surface area contributed by atoms with E-state index in [2.05, 4.69) is 30.1 Å². The minimum atomic E-state index is -0.295. The molecule has 4 aromatic heterocycles. The van der Waals surface area contributed by atoms with Crippen molar-refractivity contribution >= 4 is 22.7 Å². The molecule has 0 saturated heterocycles. The van der Waals surface area contributed by atoms with E-state index in [1.54, 1.807) is 30.9 Å². The Bertz CT molecular complexity index is 1510. The van der Waals surface area contributed by atoms with E-state index in [-0.39, 0.29) is 5.82 Å². The van der Waals surface area contributed by atoms with E-state index in [0.29, 0.717) is 18.1 Å². The van der Waals surface area contributed by atoms with E-state index in [9.17, 15) is 4.39 Å². The highest BCUT2D eigenvalue weighted by Gasteiger charge is 2.21. The number of benzene rings is 1. The number of halogens is 1. The summed E-state index contributed by atoms with van der Waals surface area (Å²) in [5, 5.41) is 8.42. The number of nitrogens with zero attached hydrogens (tertiary/aromatic N) is 5. The van der Waals surface area contributed by atoms with Gasteiger partial charge in [-0.25, -0.2) is 9.37 Å². The first-order valence-electron chi connectivity index (χ1n) is 10.1. The molecule has 0 saturated carbocycles. The molecule has 8 heteroatoms. The highest BCUT2D eigenvalue weighted by molar-refractivity contribution is 5.95. The number of pyridine rings is 2. The van der Waals surface area contributed by atoms with Gasteiger partial charge in [0.05, 0.1) is 35.3 Å². The molecule has 5 heterocycles. The van der Waals surface area contributed by atoms with Crippen molar-refractivity contribution in [3.8, 4) is 22.8 Å². The number of allylic oxidation sites excluding steroid dienone is 1. The Morgan fingerprint density at radius 1 is 0.969 bits per heavy atom. The number of hydrogen-bond acceptors (Lipinski definition) is 5. The predicted octanol–water partition coefficient (Wildman–Crippen LogP) is 4.57. The Morgan fingerprint density at radius 2 is 1.88 bits per heavy atom. The zero-order valence-electron chi connectivity index (χ0n) is 16.7. The molecule has 5 aromatic rings. The molecule has 7 nitrogen and oxygen atoms in total. The van der Waals surface area contributed by atoms with E-state index in [0.717, 1.165) is 44.7 Å². The van der Waals surface area contributed by atoms with Crippen LogP contribution in [0.15, 0.2) is 72.1 Å². The highest BCUT2D eigenvalue weighted by atomic mass is 19.1. The van der Waals surface area contributed by atoms with Gasteiger partial charge in [-0.1, -0.05) is 12.1 Å². The summed E-state index contributed by atoms with van der Waals surface area (Å²) in [6.45, 7) is 0.448. The molecule has 0 unspecified atom stereocenters. The van der Waals surface area contributed by atoms with Crippen LogP contribution in [0.1, 0.15) is 17.0 Å². The second-order valence-corrected chi connectivity index (χ2v) is 7.42. The molecule has 6 rings (SSSR count). The third-order valence-corrected chi connectivity index (χ3v) is 5.41. The van der Waals surface area contributed by atoms with Crippen molar-refractivity contribution in [2.24, 2.45) is 4.99 Å². The number of nitrogens with one attached hydrogen (secondary N) is 2. The highest BCUT2D eigenvalue weighted by Crippen LogP contribution is 2.32. The Labute approximate surface area is 181 Å². The molecule has 0 bridgehead atoms. The van der Waals surface area contributed by atoms with Gasteiger partial charge in [0.15, 0.2) is 5.82 Å². The molecule has 0 aliphatic carbocycles. The maximum atomic E-state index is 13.9. The van der Waals surface area contributed by atoms with Crippen LogP contribution in [-0.4, -0.2) is 36.3 Å². The van der Waals surface area contributed by atoms with Crippen LogP contribution in [0.5, 0.6) is 0 Å². The summed E-state index contributed by atoms with van der Waals surface area (Å²) in [4.78, 5) is 21.2. The molecule has 2 N–H and O–H groups in total. The minimum Gasteiger partial charge on any atom is -0.338 e. The molecule has 32 heavy (non-hydrogen) atoms. The number of aliphatic imine (C=N–C) groups is 1. The van der Waals surface area contributed by atoms with Crippen molar-refractivity contribution in [3.05, 3.63) is 89.9 Å². The monoisotopic (exact) mass is 421 g/mol. The van der Waals surface area contributed by atoms with Gasteiger partial charge in [-0.3, -0.25) is 20.1 Å². The summed E-state index contributed by atoms with van der Waals surface area (Å²) in [6, 6.07) is 12.3. The molecule has 0 atom stereocenters. The molecule has 0 spiro atoms. The van der Waals surface area contributed by atoms with Gasteiger partial charge < -0.3 is 4.98 Å². The summed E-state index contributed by atoms with van der Waals surface area (Å²) in [5.74, 6) is 0.323. The van der Waals surface area contributed by atoms with Crippen LogP contribution in [-0.2, 0) is 6.54 Å². The average Bonchev–Trinajstić information content (AvgIpc) is 3.38. The van der Waals surface area contributed by atoms with Gasteiger partial charge in [-0.05, 0) is 42.0 Å². The SMILES string of the molecule is Fc1cccc(C2=CC=NCc3[nH]c(-c4n[nH]c5cnc(-c6ccncc6)cc45)nc32)c1. The van der Waals surface area contributed by atoms with Crippen LogP contribution in [0.25, 0.3) is 39.3 Å². The van der Waals surface area contributed by atoms with E-state index in [1.807, 2.05) is 30.3 Å². The third-order valence-electron chi connectivity index (χ3n) is 5.41. The van der Waals surface area contributed by atoms with Gasteiger partial charge in [0.1, 0.15) is 11.5 Å². The molecule has 1 aliphatic rings. The summed E-state index contributed by atoms with van der Waals surface area (Å²) in [5.41, 5.74) is 6.43. The van der Waals surface area contributed by atoms with Crippen LogP contribution in [0.3, 0.4) is 0 Å². The van der Waals surface area contributed by atoms with Crippen LogP contribution in [0, 0.1) is 5.82 Å². The first kappa shape index (κ1) is 18.3. The molecular formula is C24H16FN7. The molecule has 0 amide bonds. The maximum absolute atomic E-state index is 13.9. The summed E-state index contributed by atoms with van der Waals surface area (Å²) in [6.07, 6.45) is 8.83. The molecule has 0 radical (unpaired) electrons. The van der Waals surface area contributed by atoms with E-state index >= 15 is 0 Å². The Balaban J connectivity index is 1.47. The normalized spacial score (nSPS) is 13.1. The Kier molecular flexibility index (Phi) is 4.21. The Morgan fingerprint density at radius 3 is 2.75 bits per heavy atom. The van der Waals surface area contributed by atoms with Crippen LogP contribution < -0.4 is 0 Å². The number of rotatable bonds is 3. The first-order valence-corrected chi connectivity index (χ1v) is 10.1. The van der Waals surface area contributed by atoms with Crippen LogP contribution in [0.2, 0.25) is 0 Å². The average molecular weight is 421 g/mol. The first-order chi connectivity index (χ1) is 15.8.